The van der Waals surface area contributed by atoms with Crippen LogP contribution in [0.15, 0.2) is 11.4 Å². The standard InChI is InChI=1S/C20H31NO6S/c1-2-3-4-5-6-7-8-9-11-17(22)21(20(25)26)19-16(13-15-28-19)27-14-10-12-18(23)24/h13,15H,2-12,14H2,1H3,(H,23,24)(H,25,26). The molecular weight excluding hydrogens is 382 g/mol. The number of amides is 2. The largest absolute Gasteiger partial charge is 0.490 e. The molecular formula is C20H31NO6S. The van der Waals surface area contributed by atoms with Crippen molar-refractivity contribution in [3.8, 4) is 5.75 Å². The number of hydrogen-bond acceptors (Lipinski definition) is 5. The van der Waals surface area contributed by atoms with Gasteiger partial charge in [-0.15, -0.1) is 11.3 Å². The molecule has 0 spiro atoms. The van der Waals surface area contributed by atoms with Gasteiger partial charge >= 0.3 is 12.1 Å². The summed E-state index contributed by atoms with van der Waals surface area (Å²) in [6.07, 6.45) is 7.84. The molecule has 0 unspecified atom stereocenters. The van der Waals surface area contributed by atoms with Gasteiger partial charge in [0.05, 0.1) is 6.61 Å². The third-order valence-corrected chi connectivity index (χ3v) is 5.17. The molecule has 158 valence electrons. The topological polar surface area (TPSA) is 104 Å². The summed E-state index contributed by atoms with van der Waals surface area (Å²) >= 11 is 1.12. The lowest BCUT2D eigenvalue weighted by Crippen LogP contribution is -2.35. The third-order valence-electron chi connectivity index (χ3n) is 4.29. The highest BCUT2D eigenvalue weighted by molar-refractivity contribution is 7.15. The Balaban J connectivity index is 2.47. The van der Waals surface area contributed by atoms with E-state index in [9.17, 15) is 19.5 Å². The van der Waals surface area contributed by atoms with Crippen LogP contribution in [0, 0.1) is 0 Å². The molecule has 8 heteroatoms. The van der Waals surface area contributed by atoms with Crippen molar-refractivity contribution in [3.05, 3.63) is 11.4 Å². The SMILES string of the molecule is CCCCCCCCCCC(=O)N(C(=O)O)c1sccc1OCCCC(=O)O. The van der Waals surface area contributed by atoms with Crippen LogP contribution in [0.25, 0.3) is 0 Å². The maximum absolute atomic E-state index is 12.4. The zero-order chi connectivity index (χ0) is 20.8. The highest BCUT2D eigenvalue weighted by Gasteiger charge is 2.26. The van der Waals surface area contributed by atoms with E-state index in [-0.39, 0.29) is 24.4 Å². The fourth-order valence-electron chi connectivity index (χ4n) is 2.80. The van der Waals surface area contributed by atoms with E-state index >= 15 is 0 Å². The first-order chi connectivity index (χ1) is 13.5. The van der Waals surface area contributed by atoms with Gasteiger partial charge in [0, 0.05) is 12.8 Å². The minimum atomic E-state index is -1.33. The lowest BCUT2D eigenvalue weighted by Gasteiger charge is -2.17. The smallest absolute Gasteiger partial charge is 0.419 e. The van der Waals surface area contributed by atoms with Crippen molar-refractivity contribution in [2.24, 2.45) is 0 Å². The summed E-state index contributed by atoms with van der Waals surface area (Å²) in [5, 5.41) is 20.0. The van der Waals surface area contributed by atoms with Crippen LogP contribution in [0.1, 0.15) is 77.6 Å². The molecule has 28 heavy (non-hydrogen) atoms. The van der Waals surface area contributed by atoms with Gasteiger partial charge in [0.1, 0.15) is 0 Å². The monoisotopic (exact) mass is 413 g/mol. The second-order valence-corrected chi connectivity index (χ2v) is 7.57. The molecule has 1 aromatic rings. The number of rotatable bonds is 15. The van der Waals surface area contributed by atoms with E-state index in [0.29, 0.717) is 18.6 Å². The Kier molecular flexibility index (Phi) is 12.0. The summed E-state index contributed by atoms with van der Waals surface area (Å²) in [4.78, 5) is 35.4. The summed E-state index contributed by atoms with van der Waals surface area (Å²) in [5.74, 6) is -1.08. The van der Waals surface area contributed by atoms with Gasteiger partial charge in [0.15, 0.2) is 10.8 Å². The average molecular weight is 414 g/mol. The predicted octanol–water partition coefficient (Wildman–Crippen LogP) is 5.53. The van der Waals surface area contributed by atoms with Gasteiger partial charge in [-0.25, -0.2) is 9.69 Å². The number of ether oxygens (including phenoxy) is 1. The van der Waals surface area contributed by atoms with Gasteiger partial charge in [-0.3, -0.25) is 9.59 Å². The molecule has 2 N–H and O–H groups in total. The van der Waals surface area contributed by atoms with Crippen molar-refractivity contribution < 1.29 is 29.3 Å². The highest BCUT2D eigenvalue weighted by atomic mass is 32.1. The van der Waals surface area contributed by atoms with E-state index in [2.05, 4.69) is 6.92 Å². The lowest BCUT2D eigenvalue weighted by molar-refractivity contribution is -0.137. The minimum absolute atomic E-state index is 0.0283. The number of anilines is 1. The van der Waals surface area contributed by atoms with Crippen molar-refractivity contribution in [1.82, 2.24) is 0 Å². The van der Waals surface area contributed by atoms with Gasteiger partial charge in [-0.2, -0.15) is 0 Å². The van der Waals surface area contributed by atoms with Crippen LogP contribution in [0.5, 0.6) is 5.75 Å². The molecule has 0 saturated heterocycles. The Morgan fingerprint density at radius 1 is 0.964 bits per heavy atom. The molecule has 0 aliphatic rings. The van der Waals surface area contributed by atoms with E-state index in [1.807, 2.05) is 0 Å². The molecule has 1 aromatic heterocycles. The van der Waals surface area contributed by atoms with Gasteiger partial charge in [0.25, 0.3) is 0 Å². The molecule has 1 rings (SSSR count). The molecule has 2 amide bonds. The Morgan fingerprint density at radius 3 is 2.21 bits per heavy atom. The van der Waals surface area contributed by atoms with Crippen molar-refractivity contribution in [2.45, 2.75) is 77.6 Å². The number of unbranched alkanes of at least 4 members (excludes halogenated alkanes) is 7. The van der Waals surface area contributed by atoms with Crippen molar-refractivity contribution >= 4 is 34.3 Å². The fraction of sp³-hybridized carbons (Fsp3) is 0.650. The molecule has 0 aliphatic carbocycles. The molecule has 7 nitrogen and oxygen atoms in total. The van der Waals surface area contributed by atoms with Crippen LogP contribution < -0.4 is 9.64 Å². The van der Waals surface area contributed by atoms with Crippen LogP contribution in [-0.2, 0) is 9.59 Å². The fourth-order valence-corrected chi connectivity index (χ4v) is 3.65. The number of carboxylic acid groups (broad SMARTS) is 2. The van der Waals surface area contributed by atoms with Crippen molar-refractivity contribution in [2.75, 3.05) is 11.5 Å². The van der Waals surface area contributed by atoms with Crippen molar-refractivity contribution in [1.29, 1.82) is 0 Å². The summed E-state index contributed by atoms with van der Waals surface area (Å²) in [5.41, 5.74) is 0. The van der Waals surface area contributed by atoms with Crippen molar-refractivity contribution in [3.63, 3.8) is 0 Å². The second kappa shape index (κ2) is 14.0. The number of carbonyl (C=O) groups excluding carboxylic acids is 1. The van der Waals surface area contributed by atoms with Gasteiger partial charge in [-0.05, 0) is 24.3 Å². The van der Waals surface area contributed by atoms with E-state index in [1.54, 1.807) is 11.4 Å². The van der Waals surface area contributed by atoms with E-state index in [0.717, 1.165) is 35.5 Å². The molecule has 0 radical (unpaired) electrons. The molecule has 0 saturated carbocycles. The summed E-state index contributed by atoms with van der Waals surface area (Å²) in [6.45, 7) is 2.33. The summed E-state index contributed by atoms with van der Waals surface area (Å²) in [7, 11) is 0. The number of thiophene rings is 1. The Bertz CT molecular complexity index is 616. The number of carbonyl (C=O) groups is 3. The Hall–Kier alpha value is -2.09. The second-order valence-electron chi connectivity index (χ2n) is 6.67. The highest BCUT2D eigenvalue weighted by Crippen LogP contribution is 2.35. The van der Waals surface area contributed by atoms with Crippen LogP contribution >= 0.6 is 11.3 Å². The Labute approximate surface area is 170 Å². The van der Waals surface area contributed by atoms with Crippen LogP contribution in [0.3, 0.4) is 0 Å². The van der Waals surface area contributed by atoms with Gasteiger partial charge in [-0.1, -0.05) is 51.9 Å². The normalized spacial score (nSPS) is 10.6. The number of imide groups is 1. The maximum atomic E-state index is 12.4. The molecule has 0 fully saturated rings. The zero-order valence-corrected chi connectivity index (χ0v) is 17.3. The van der Waals surface area contributed by atoms with Crippen LogP contribution in [0.2, 0.25) is 0 Å². The zero-order valence-electron chi connectivity index (χ0n) is 16.5. The summed E-state index contributed by atoms with van der Waals surface area (Å²) in [6, 6.07) is 1.60. The number of aliphatic carboxylic acids is 1. The Morgan fingerprint density at radius 2 is 1.61 bits per heavy atom. The number of hydrogen-bond donors (Lipinski definition) is 2. The third kappa shape index (κ3) is 9.21. The molecule has 0 atom stereocenters. The summed E-state index contributed by atoms with van der Waals surface area (Å²) < 4.78 is 5.49. The molecule has 0 bridgehead atoms. The number of nitrogens with zero attached hydrogens (tertiary/aromatic N) is 1. The van der Waals surface area contributed by atoms with Gasteiger partial charge < -0.3 is 14.9 Å². The quantitative estimate of drug-likeness (QED) is 0.366. The predicted molar refractivity (Wildman–Crippen MR) is 109 cm³/mol. The first kappa shape index (κ1) is 23.9. The van der Waals surface area contributed by atoms with Gasteiger partial charge in [0.2, 0.25) is 5.91 Å². The number of carboxylic acids is 1. The molecule has 1 heterocycles. The van der Waals surface area contributed by atoms with Crippen LogP contribution in [-0.4, -0.2) is 34.8 Å². The average Bonchev–Trinajstić information content (AvgIpc) is 3.08. The van der Waals surface area contributed by atoms with E-state index in [1.165, 1.54) is 25.7 Å². The molecule has 0 aromatic carbocycles. The maximum Gasteiger partial charge on any atom is 0.419 e. The van der Waals surface area contributed by atoms with Crippen LogP contribution in [0.4, 0.5) is 9.80 Å². The molecule has 0 aliphatic heterocycles. The minimum Gasteiger partial charge on any atom is -0.490 e. The van der Waals surface area contributed by atoms with E-state index < -0.39 is 18.0 Å². The van der Waals surface area contributed by atoms with E-state index in [4.69, 9.17) is 9.84 Å². The first-order valence-electron chi connectivity index (χ1n) is 9.95. The lowest BCUT2D eigenvalue weighted by atomic mass is 10.1. The first-order valence-corrected chi connectivity index (χ1v) is 10.8.